The molecule has 0 radical (unpaired) electrons. The van der Waals surface area contributed by atoms with Crippen LogP contribution in [-0.2, 0) is 0 Å². The number of amides is 3. The Morgan fingerprint density at radius 1 is 0.800 bits per heavy atom. The summed E-state index contributed by atoms with van der Waals surface area (Å²) in [6.07, 6.45) is 0. The molecule has 0 aliphatic carbocycles. The van der Waals surface area contributed by atoms with Crippen molar-refractivity contribution in [2.75, 3.05) is 11.6 Å². The number of hydrogen-bond acceptors (Lipinski definition) is 3. The van der Waals surface area contributed by atoms with E-state index >= 15 is 0 Å². The van der Waals surface area contributed by atoms with Gasteiger partial charge in [-0.3, -0.25) is 24.2 Å². The lowest BCUT2D eigenvalue weighted by Gasteiger charge is -2.27. The Kier molecular flexibility index (Phi) is 5.52. The van der Waals surface area contributed by atoms with Crippen molar-refractivity contribution >= 4 is 58.2 Å². The summed E-state index contributed by atoms with van der Waals surface area (Å²) in [5.41, 5.74) is 1.24. The molecule has 1 aliphatic rings. The lowest BCUT2D eigenvalue weighted by molar-refractivity contribution is 0.0650. The molecule has 8 heteroatoms. The molecule has 30 heavy (non-hydrogen) atoms. The summed E-state index contributed by atoms with van der Waals surface area (Å²) in [6.45, 7) is -0.286. The highest BCUT2D eigenvalue weighted by Gasteiger charge is 2.37. The highest BCUT2D eigenvalue weighted by molar-refractivity contribution is 6.37. The van der Waals surface area contributed by atoms with Crippen molar-refractivity contribution in [3.05, 3.63) is 98.5 Å². The lowest BCUT2D eigenvalue weighted by Crippen LogP contribution is -2.44. The molecule has 5 nitrogen and oxygen atoms in total. The Bertz CT molecular complexity index is 1140. The van der Waals surface area contributed by atoms with Gasteiger partial charge < -0.3 is 0 Å². The van der Waals surface area contributed by atoms with Gasteiger partial charge >= 0.3 is 0 Å². The predicted octanol–water partition coefficient (Wildman–Crippen LogP) is 5.55. The van der Waals surface area contributed by atoms with Gasteiger partial charge in [-0.05, 0) is 54.6 Å². The second-order valence-corrected chi connectivity index (χ2v) is 7.84. The van der Waals surface area contributed by atoms with Crippen LogP contribution in [0.2, 0.25) is 15.1 Å². The van der Waals surface area contributed by atoms with Crippen LogP contribution in [0.15, 0.2) is 66.7 Å². The lowest BCUT2D eigenvalue weighted by atomic mass is 10.1. The molecule has 1 heterocycles. The third kappa shape index (κ3) is 3.67. The Labute approximate surface area is 187 Å². The molecule has 3 aromatic rings. The van der Waals surface area contributed by atoms with Crippen molar-refractivity contribution in [3.8, 4) is 0 Å². The van der Waals surface area contributed by atoms with Crippen molar-refractivity contribution in [2.45, 2.75) is 0 Å². The molecule has 0 bridgehead atoms. The maximum Gasteiger partial charge on any atom is 0.263 e. The molecular formula is C22H13Cl3N2O3. The summed E-state index contributed by atoms with van der Waals surface area (Å²) in [4.78, 5) is 41.3. The number of carbonyl (C=O) groups excluding carboxylic acids is 3. The molecule has 0 saturated heterocycles. The first kappa shape index (κ1) is 20.4. The van der Waals surface area contributed by atoms with E-state index in [9.17, 15) is 14.4 Å². The minimum Gasteiger partial charge on any atom is -0.289 e. The minimum atomic E-state index is -0.490. The Hall–Kier alpha value is -2.86. The maximum atomic E-state index is 13.4. The van der Waals surface area contributed by atoms with Gasteiger partial charge in [0.25, 0.3) is 17.7 Å². The number of nitrogens with zero attached hydrogens (tertiary/aromatic N) is 2. The van der Waals surface area contributed by atoms with Crippen LogP contribution in [0.4, 0.5) is 5.69 Å². The normalized spacial score (nSPS) is 12.8. The molecule has 0 unspecified atom stereocenters. The first-order valence-corrected chi connectivity index (χ1v) is 9.98. The molecule has 0 fully saturated rings. The van der Waals surface area contributed by atoms with E-state index in [0.717, 1.165) is 4.90 Å². The van der Waals surface area contributed by atoms with Gasteiger partial charge in [-0.1, -0.05) is 46.9 Å². The Morgan fingerprint density at radius 3 is 1.93 bits per heavy atom. The van der Waals surface area contributed by atoms with Gasteiger partial charge in [0.15, 0.2) is 0 Å². The summed E-state index contributed by atoms with van der Waals surface area (Å²) in [5.74, 6) is -1.43. The highest BCUT2D eigenvalue weighted by atomic mass is 35.5. The van der Waals surface area contributed by atoms with E-state index in [-0.39, 0.29) is 17.3 Å². The largest absolute Gasteiger partial charge is 0.289 e. The summed E-state index contributed by atoms with van der Waals surface area (Å²) in [6, 6.07) is 17.5. The molecule has 3 aromatic carbocycles. The quantitative estimate of drug-likeness (QED) is 0.481. The van der Waals surface area contributed by atoms with Gasteiger partial charge in [0, 0.05) is 15.7 Å². The molecule has 4 rings (SSSR count). The van der Waals surface area contributed by atoms with E-state index < -0.39 is 17.7 Å². The van der Waals surface area contributed by atoms with Crippen molar-refractivity contribution in [3.63, 3.8) is 0 Å². The van der Waals surface area contributed by atoms with E-state index in [1.807, 2.05) is 0 Å². The van der Waals surface area contributed by atoms with Crippen LogP contribution >= 0.6 is 34.8 Å². The number of halogens is 3. The fourth-order valence-corrected chi connectivity index (χ4v) is 3.82. The SMILES string of the molecule is O=C1c2ccccc2C(=O)N1CN(C(=O)c1ccc(Cl)cc1Cl)c1ccc(Cl)cc1. The molecule has 0 aromatic heterocycles. The smallest absolute Gasteiger partial charge is 0.263 e. The molecule has 150 valence electrons. The first-order chi connectivity index (χ1) is 14.4. The van der Waals surface area contributed by atoms with Crippen LogP contribution in [0, 0.1) is 0 Å². The van der Waals surface area contributed by atoms with Crippen LogP contribution in [-0.4, -0.2) is 29.3 Å². The molecule has 1 aliphatic heterocycles. The average molecular weight is 460 g/mol. The van der Waals surface area contributed by atoms with Crippen molar-refractivity contribution in [1.29, 1.82) is 0 Å². The third-order valence-corrected chi connectivity index (χ3v) is 5.51. The number of anilines is 1. The van der Waals surface area contributed by atoms with Gasteiger partial charge in [0.2, 0.25) is 0 Å². The first-order valence-electron chi connectivity index (χ1n) is 8.84. The van der Waals surface area contributed by atoms with Gasteiger partial charge in [-0.15, -0.1) is 0 Å². The zero-order valence-corrected chi connectivity index (χ0v) is 17.6. The number of rotatable bonds is 4. The number of imide groups is 1. The van der Waals surface area contributed by atoms with Crippen molar-refractivity contribution in [2.24, 2.45) is 0 Å². The number of carbonyl (C=O) groups is 3. The van der Waals surface area contributed by atoms with E-state index in [1.165, 1.54) is 17.0 Å². The maximum absolute atomic E-state index is 13.4. The molecule has 3 amide bonds. The van der Waals surface area contributed by atoms with Crippen molar-refractivity contribution < 1.29 is 14.4 Å². The van der Waals surface area contributed by atoms with Crippen LogP contribution < -0.4 is 4.90 Å². The summed E-state index contributed by atoms with van der Waals surface area (Å²) in [5, 5.41) is 1.03. The second kappa shape index (κ2) is 8.11. The summed E-state index contributed by atoms with van der Waals surface area (Å²) in [7, 11) is 0. The van der Waals surface area contributed by atoms with Crippen molar-refractivity contribution in [1.82, 2.24) is 4.90 Å². The zero-order valence-electron chi connectivity index (χ0n) is 15.3. The Morgan fingerprint density at radius 2 is 1.37 bits per heavy atom. The van der Waals surface area contributed by atoms with E-state index in [2.05, 4.69) is 0 Å². The van der Waals surface area contributed by atoms with Gasteiger partial charge in [0.1, 0.15) is 6.67 Å². The topological polar surface area (TPSA) is 57.7 Å². The number of benzene rings is 3. The van der Waals surface area contributed by atoms with Crippen LogP contribution in [0.1, 0.15) is 31.1 Å². The predicted molar refractivity (Wildman–Crippen MR) is 117 cm³/mol. The average Bonchev–Trinajstić information content (AvgIpc) is 2.97. The standard InChI is InChI=1S/C22H13Cl3N2O3/c23-13-5-8-15(9-6-13)26(22(30)18-10-7-14(24)11-19(18)25)12-27-20(28)16-3-1-2-4-17(16)21(27)29/h1-11H,12H2. The fraction of sp³-hybridized carbons (Fsp3) is 0.0455. The Balaban J connectivity index is 1.73. The second-order valence-electron chi connectivity index (χ2n) is 6.56. The van der Waals surface area contributed by atoms with E-state index in [1.54, 1.807) is 54.6 Å². The van der Waals surface area contributed by atoms with Crippen LogP contribution in [0.25, 0.3) is 0 Å². The molecule has 0 spiro atoms. The molecule has 0 saturated carbocycles. The van der Waals surface area contributed by atoms with E-state index in [4.69, 9.17) is 34.8 Å². The van der Waals surface area contributed by atoms with Gasteiger partial charge in [-0.2, -0.15) is 0 Å². The van der Waals surface area contributed by atoms with Crippen LogP contribution in [0.3, 0.4) is 0 Å². The molecular weight excluding hydrogens is 447 g/mol. The fourth-order valence-electron chi connectivity index (χ4n) is 3.20. The molecule has 0 N–H and O–H groups in total. The number of hydrogen-bond donors (Lipinski definition) is 0. The third-order valence-electron chi connectivity index (χ3n) is 4.71. The summed E-state index contributed by atoms with van der Waals surface area (Å²) >= 11 is 18.1. The number of fused-ring (bicyclic) bond motifs is 1. The zero-order chi connectivity index (χ0) is 21.4. The monoisotopic (exact) mass is 458 g/mol. The van der Waals surface area contributed by atoms with Gasteiger partial charge in [-0.25, -0.2) is 0 Å². The van der Waals surface area contributed by atoms with Crippen LogP contribution in [0.5, 0.6) is 0 Å². The summed E-state index contributed by atoms with van der Waals surface area (Å²) < 4.78 is 0. The van der Waals surface area contributed by atoms with E-state index in [0.29, 0.717) is 26.9 Å². The highest BCUT2D eigenvalue weighted by Crippen LogP contribution is 2.28. The minimum absolute atomic E-state index is 0.161. The van der Waals surface area contributed by atoms with Gasteiger partial charge in [0.05, 0.1) is 21.7 Å². The molecule has 0 atom stereocenters.